The van der Waals surface area contributed by atoms with E-state index in [-0.39, 0.29) is 0 Å². The van der Waals surface area contributed by atoms with Crippen LogP contribution in [0.15, 0.2) is 6.07 Å². The summed E-state index contributed by atoms with van der Waals surface area (Å²) in [6.07, 6.45) is 7.20. The van der Waals surface area contributed by atoms with E-state index >= 15 is 0 Å². The van der Waals surface area contributed by atoms with Crippen LogP contribution in [0.25, 0.3) is 0 Å². The van der Waals surface area contributed by atoms with Crippen molar-refractivity contribution in [2.45, 2.75) is 26.7 Å². The van der Waals surface area contributed by atoms with Crippen molar-refractivity contribution >= 4 is 20.2 Å². The summed E-state index contributed by atoms with van der Waals surface area (Å²) < 4.78 is 5.54. The fourth-order valence-electron chi connectivity index (χ4n) is 1.98. The molecule has 1 atom stereocenters. The molecule has 0 spiro atoms. The van der Waals surface area contributed by atoms with Crippen molar-refractivity contribution in [2.75, 3.05) is 19.0 Å². The van der Waals surface area contributed by atoms with Gasteiger partial charge in [0.15, 0.2) is 0 Å². The SMILES string of the molecule is C#CCNc1c(CC)cc(P)c(CC)c1OC. The van der Waals surface area contributed by atoms with Crippen LogP contribution in [0.3, 0.4) is 0 Å². The number of hydrogen-bond donors (Lipinski definition) is 1. The Morgan fingerprint density at radius 3 is 2.59 bits per heavy atom. The molecular formula is C14H20NOP. The maximum Gasteiger partial charge on any atom is 0.146 e. The molecule has 0 aliphatic rings. The van der Waals surface area contributed by atoms with E-state index in [0.717, 1.165) is 24.3 Å². The van der Waals surface area contributed by atoms with Gasteiger partial charge in [0.05, 0.1) is 19.3 Å². The van der Waals surface area contributed by atoms with Crippen molar-refractivity contribution in [1.82, 2.24) is 0 Å². The summed E-state index contributed by atoms with van der Waals surface area (Å²) in [6.45, 7) is 4.77. The van der Waals surface area contributed by atoms with Crippen molar-refractivity contribution in [2.24, 2.45) is 0 Å². The molecule has 1 aromatic rings. The van der Waals surface area contributed by atoms with E-state index in [1.54, 1.807) is 7.11 Å². The topological polar surface area (TPSA) is 21.3 Å². The maximum absolute atomic E-state index is 5.54. The largest absolute Gasteiger partial charge is 0.494 e. The van der Waals surface area contributed by atoms with E-state index in [4.69, 9.17) is 11.2 Å². The predicted molar refractivity (Wildman–Crippen MR) is 78.4 cm³/mol. The normalized spacial score (nSPS) is 9.82. The first-order chi connectivity index (χ1) is 8.19. The Balaban J connectivity index is 3.35. The van der Waals surface area contributed by atoms with Gasteiger partial charge in [-0.1, -0.05) is 19.8 Å². The van der Waals surface area contributed by atoms with Crippen LogP contribution < -0.4 is 15.4 Å². The van der Waals surface area contributed by atoms with Gasteiger partial charge in [0, 0.05) is 5.56 Å². The van der Waals surface area contributed by atoms with Gasteiger partial charge in [-0.2, -0.15) is 0 Å². The molecule has 1 aromatic carbocycles. The number of benzene rings is 1. The first kappa shape index (κ1) is 13.9. The van der Waals surface area contributed by atoms with Crippen LogP contribution in [0.1, 0.15) is 25.0 Å². The number of hydrogen-bond acceptors (Lipinski definition) is 2. The molecule has 1 unspecified atom stereocenters. The van der Waals surface area contributed by atoms with Gasteiger partial charge in [0.1, 0.15) is 5.75 Å². The number of rotatable bonds is 5. The molecule has 0 aromatic heterocycles. The molecule has 17 heavy (non-hydrogen) atoms. The smallest absolute Gasteiger partial charge is 0.146 e. The van der Waals surface area contributed by atoms with Gasteiger partial charge in [0.2, 0.25) is 0 Å². The van der Waals surface area contributed by atoms with Gasteiger partial charge in [0.25, 0.3) is 0 Å². The van der Waals surface area contributed by atoms with E-state index in [1.807, 2.05) is 0 Å². The summed E-state index contributed by atoms with van der Waals surface area (Å²) in [7, 11) is 4.49. The number of nitrogens with one attached hydrogen (secondary N) is 1. The second-order valence-electron chi connectivity index (χ2n) is 3.78. The summed E-state index contributed by atoms with van der Waals surface area (Å²) in [5, 5.41) is 4.47. The Morgan fingerprint density at radius 1 is 1.41 bits per heavy atom. The maximum atomic E-state index is 5.54. The first-order valence-corrected chi connectivity index (χ1v) is 6.42. The minimum Gasteiger partial charge on any atom is -0.494 e. The van der Waals surface area contributed by atoms with Crippen LogP contribution in [-0.2, 0) is 12.8 Å². The lowest BCUT2D eigenvalue weighted by Gasteiger charge is -2.19. The molecule has 0 amide bonds. The summed E-state index contributed by atoms with van der Waals surface area (Å²) in [6, 6.07) is 2.19. The van der Waals surface area contributed by atoms with E-state index in [0.29, 0.717) is 6.54 Å². The van der Waals surface area contributed by atoms with E-state index in [9.17, 15) is 0 Å². The monoisotopic (exact) mass is 249 g/mol. The van der Waals surface area contributed by atoms with Crippen molar-refractivity contribution in [3.63, 3.8) is 0 Å². The van der Waals surface area contributed by atoms with Gasteiger partial charge in [-0.25, -0.2) is 0 Å². The molecule has 2 nitrogen and oxygen atoms in total. The highest BCUT2D eigenvalue weighted by Gasteiger charge is 2.14. The third-order valence-electron chi connectivity index (χ3n) is 2.81. The van der Waals surface area contributed by atoms with Crippen LogP contribution >= 0.6 is 9.24 Å². The lowest BCUT2D eigenvalue weighted by Crippen LogP contribution is -2.12. The van der Waals surface area contributed by atoms with E-state index in [1.165, 1.54) is 16.4 Å². The standard InChI is InChI=1S/C14H20NOP/c1-5-8-15-13-10(6-2)9-12(17)11(7-3)14(13)16-4/h1,9,15H,6-8,17H2,2-4H3. The van der Waals surface area contributed by atoms with Crippen LogP contribution in [0, 0.1) is 12.3 Å². The summed E-state index contributed by atoms with van der Waals surface area (Å²) in [5.74, 6) is 3.52. The third kappa shape index (κ3) is 2.93. The third-order valence-corrected chi connectivity index (χ3v) is 3.32. The van der Waals surface area contributed by atoms with E-state index < -0.39 is 0 Å². The fourth-order valence-corrected chi connectivity index (χ4v) is 2.51. The first-order valence-electron chi connectivity index (χ1n) is 5.85. The molecule has 0 aliphatic heterocycles. The number of terminal acetylenes is 1. The average Bonchev–Trinajstić information content (AvgIpc) is 2.35. The van der Waals surface area contributed by atoms with Crippen LogP contribution in [0.4, 0.5) is 5.69 Å². The van der Waals surface area contributed by atoms with Crippen molar-refractivity contribution < 1.29 is 4.74 Å². The zero-order chi connectivity index (χ0) is 12.8. The Hall–Kier alpha value is -1.19. The van der Waals surface area contributed by atoms with Gasteiger partial charge in [-0.3, -0.25) is 0 Å². The molecule has 3 heteroatoms. The molecule has 1 rings (SSSR count). The van der Waals surface area contributed by atoms with Gasteiger partial charge in [-0.05, 0) is 29.8 Å². The summed E-state index contributed by atoms with van der Waals surface area (Å²) in [5.41, 5.74) is 3.49. The lowest BCUT2D eigenvalue weighted by atomic mass is 10.0. The van der Waals surface area contributed by atoms with E-state index in [2.05, 4.69) is 40.4 Å². The molecule has 0 aliphatic carbocycles. The zero-order valence-electron chi connectivity index (χ0n) is 10.8. The molecule has 0 fully saturated rings. The second kappa shape index (κ2) is 6.52. The van der Waals surface area contributed by atoms with Gasteiger partial charge in [-0.15, -0.1) is 15.7 Å². The van der Waals surface area contributed by atoms with Crippen LogP contribution in [0.5, 0.6) is 5.75 Å². The van der Waals surface area contributed by atoms with Crippen molar-refractivity contribution in [3.8, 4) is 18.1 Å². The highest BCUT2D eigenvalue weighted by atomic mass is 31.0. The minimum absolute atomic E-state index is 0.517. The molecule has 92 valence electrons. The molecule has 0 radical (unpaired) electrons. The number of ether oxygens (including phenoxy) is 1. The highest BCUT2D eigenvalue weighted by molar-refractivity contribution is 7.27. The van der Waals surface area contributed by atoms with Gasteiger partial charge < -0.3 is 10.1 Å². The average molecular weight is 249 g/mol. The summed E-state index contributed by atoms with van der Waals surface area (Å²) >= 11 is 0. The Morgan fingerprint density at radius 2 is 2.12 bits per heavy atom. The lowest BCUT2D eigenvalue weighted by molar-refractivity contribution is 0.412. The highest BCUT2D eigenvalue weighted by Crippen LogP contribution is 2.33. The number of methoxy groups -OCH3 is 1. The van der Waals surface area contributed by atoms with Crippen molar-refractivity contribution in [3.05, 3.63) is 17.2 Å². The molecule has 1 N–H and O–H groups in total. The molecule has 0 bridgehead atoms. The predicted octanol–water partition coefficient (Wildman–Crippen LogP) is 2.37. The number of aryl methyl sites for hydroxylation is 1. The quantitative estimate of drug-likeness (QED) is 0.639. The summed E-state index contributed by atoms with van der Waals surface area (Å²) in [4.78, 5) is 0. The molecular weight excluding hydrogens is 229 g/mol. The van der Waals surface area contributed by atoms with Crippen LogP contribution in [0.2, 0.25) is 0 Å². The Labute approximate surface area is 106 Å². The fraction of sp³-hybridized carbons (Fsp3) is 0.429. The van der Waals surface area contributed by atoms with Crippen LogP contribution in [-0.4, -0.2) is 13.7 Å². The number of anilines is 1. The Kier molecular flexibility index (Phi) is 5.32. The van der Waals surface area contributed by atoms with Crippen molar-refractivity contribution in [1.29, 1.82) is 0 Å². The van der Waals surface area contributed by atoms with Gasteiger partial charge >= 0.3 is 0 Å². The Bertz CT molecular complexity index is 435. The zero-order valence-corrected chi connectivity index (χ0v) is 11.9. The molecule has 0 saturated heterocycles. The minimum atomic E-state index is 0.517. The second-order valence-corrected chi connectivity index (χ2v) is 4.40. The molecule has 0 heterocycles. The molecule has 0 saturated carbocycles.